The van der Waals surface area contributed by atoms with Crippen LogP contribution in [0, 0.1) is 0 Å². The first-order chi connectivity index (χ1) is 13.9. The third kappa shape index (κ3) is 3.99. The van der Waals surface area contributed by atoms with E-state index < -0.39 is 0 Å². The fourth-order valence-electron chi connectivity index (χ4n) is 2.87. The second-order valence-electron chi connectivity index (χ2n) is 6.84. The van der Waals surface area contributed by atoms with Crippen molar-refractivity contribution >= 4 is 46.0 Å². The number of imidazole rings is 1. The second-order valence-corrected chi connectivity index (χ2v) is 8.28. The average molecular weight is 427 g/mol. The number of carbonyl (C=O) groups is 1. The van der Waals surface area contributed by atoms with E-state index in [1.165, 1.54) is 11.8 Å². The minimum Gasteiger partial charge on any atom is -0.329 e. The number of nitrogens with zero attached hydrogens (tertiary/aromatic N) is 5. The zero-order chi connectivity index (χ0) is 20.5. The first-order valence-corrected chi connectivity index (χ1v) is 10.2. The summed E-state index contributed by atoms with van der Waals surface area (Å²) in [5.74, 6) is -0.263. The van der Waals surface area contributed by atoms with Gasteiger partial charge in [0.25, 0.3) is 5.91 Å². The Balaban J connectivity index is 1.62. The van der Waals surface area contributed by atoms with Crippen LogP contribution >= 0.6 is 23.4 Å². The first-order valence-electron chi connectivity index (χ1n) is 9.01. The lowest BCUT2D eigenvalue weighted by molar-refractivity contribution is 0.102. The Bertz CT molecular complexity index is 1200. The molecular formula is C20H19ClN6OS. The van der Waals surface area contributed by atoms with Crippen LogP contribution in [0.15, 0.2) is 59.1 Å². The molecule has 0 saturated heterocycles. The van der Waals surface area contributed by atoms with E-state index in [1.54, 1.807) is 36.8 Å². The van der Waals surface area contributed by atoms with Crippen LogP contribution in [0.2, 0.25) is 5.02 Å². The number of fused-ring (bicyclic) bond motifs is 1. The van der Waals surface area contributed by atoms with Crippen molar-refractivity contribution in [2.75, 3.05) is 5.32 Å². The quantitative estimate of drug-likeness (QED) is 0.495. The molecule has 7 nitrogen and oxygen atoms in total. The van der Waals surface area contributed by atoms with Crippen LogP contribution in [0.3, 0.4) is 0 Å². The molecule has 3 heterocycles. The molecule has 0 bridgehead atoms. The Labute approximate surface area is 177 Å². The number of amides is 1. The van der Waals surface area contributed by atoms with Crippen molar-refractivity contribution in [2.24, 2.45) is 7.05 Å². The molecule has 0 unspecified atom stereocenters. The van der Waals surface area contributed by atoms with Gasteiger partial charge in [-0.1, -0.05) is 11.6 Å². The number of aryl methyl sites for hydroxylation is 1. The van der Waals surface area contributed by atoms with Crippen molar-refractivity contribution in [1.82, 2.24) is 24.3 Å². The highest BCUT2D eigenvalue weighted by atomic mass is 35.5. The standard InChI is InChI=1S/C20H19ClN6OS/c1-12(2)27-18-13(11-24-27)8-14(10-23-18)19(28)25-16-9-15(21)4-5-17(16)29-20-22-6-7-26(20)3/h4-12H,1-3H3,(H,25,28). The third-order valence-electron chi connectivity index (χ3n) is 4.35. The number of pyridine rings is 1. The van der Waals surface area contributed by atoms with Crippen LogP contribution in [-0.2, 0) is 7.05 Å². The van der Waals surface area contributed by atoms with Gasteiger partial charge in [0.05, 0.1) is 17.4 Å². The molecule has 0 spiro atoms. The van der Waals surface area contributed by atoms with E-state index in [9.17, 15) is 4.79 Å². The molecule has 0 atom stereocenters. The predicted octanol–water partition coefficient (Wildman–Crippen LogP) is 4.80. The zero-order valence-corrected chi connectivity index (χ0v) is 17.7. The summed E-state index contributed by atoms with van der Waals surface area (Å²) in [6.07, 6.45) is 6.89. The Hall–Kier alpha value is -2.84. The third-order valence-corrected chi connectivity index (χ3v) is 5.74. The SMILES string of the molecule is CC(C)n1ncc2cc(C(=O)Nc3cc(Cl)ccc3Sc3nccn3C)cnc21. The Kier molecular flexibility index (Phi) is 5.29. The molecule has 0 saturated carbocycles. The monoisotopic (exact) mass is 426 g/mol. The zero-order valence-electron chi connectivity index (χ0n) is 16.1. The van der Waals surface area contributed by atoms with Crippen LogP contribution < -0.4 is 5.32 Å². The average Bonchev–Trinajstić information content (AvgIpc) is 3.29. The maximum atomic E-state index is 12.9. The van der Waals surface area contributed by atoms with E-state index in [-0.39, 0.29) is 11.9 Å². The predicted molar refractivity (Wildman–Crippen MR) is 115 cm³/mol. The van der Waals surface area contributed by atoms with E-state index in [2.05, 4.69) is 20.4 Å². The molecule has 0 aliphatic carbocycles. The van der Waals surface area contributed by atoms with Crippen molar-refractivity contribution in [2.45, 2.75) is 29.9 Å². The molecule has 9 heteroatoms. The maximum absolute atomic E-state index is 12.9. The van der Waals surface area contributed by atoms with Gasteiger partial charge < -0.3 is 9.88 Å². The van der Waals surface area contributed by atoms with Gasteiger partial charge in [-0.3, -0.25) is 4.79 Å². The highest BCUT2D eigenvalue weighted by Crippen LogP contribution is 2.34. The van der Waals surface area contributed by atoms with Crippen LogP contribution in [0.5, 0.6) is 0 Å². The highest BCUT2D eigenvalue weighted by Gasteiger charge is 2.15. The molecule has 1 N–H and O–H groups in total. The van der Waals surface area contributed by atoms with Crippen molar-refractivity contribution in [1.29, 1.82) is 0 Å². The number of rotatable bonds is 5. The van der Waals surface area contributed by atoms with Gasteiger partial charge in [0.2, 0.25) is 0 Å². The van der Waals surface area contributed by atoms with Crippen molar-refractivity contribution in [3.63, 3.8) is 0 Å². The molecular weight excluding hydrogens is 408 g/mol. The fraction of sp³-hybridized carbons (Fsp3) is 0.200. The molecule has 29 heavy (non-hydrogen) atoms. The van der Waals surface area contributed by atoms with Gasteiger partial charge in [-0.05, 0) is 49.9 Å². The molecule has 4 rings (SSSR count). The number of aromatic nitrogens is 5. The number of anilines is 1. The summed E-state index contributed by atoms with van der Waals surface area (Å²) in [6, 6.07) is 7.37. The van der Waals surface area contributed by atoms with Gasteiger partial charge in [-0.15, -0.1) is 0 Å². The smallest absolute Gasteiger partial charge is 0.257 e. The summed E-state index contributed by atoms with van der Waals surface area (Å²) in [4.78, 5) is 22.5. The van der Waals surface area contributed by atoms with Crippen molar-refractivity contribution < 1.29 is 4.79 Å². The van der Waals surface area contributed by atoms with Crippen LogP contribution in [0.1, 0.15) is 30.2 Å². The maximum Gasteiger partial charge on any atom is 0.257 e. The molecule has 1 amide bonds. The summed E-state index contributed by atoms with van der Waals surface area (Å²) in [5, 5.41) is 9.46. The summed E-state index contributed by atoms with van der Waals surface area (Å²) in [6.45, 7) is 4.07. The lowest BCUT2D eigenvalue weighted by atomic mass is 10.2. The van der Waals surface area contributed by atoms with E-state index in [4.69, 9.17) is 11.6 Å². The molecule has 4 aromatic rings. The molecule has 0 aliphatic heterocycles. The number of halogens is 1. The number of benzene rings is 1. The largest absolute Gasteiger partial charge is 0.329 e. The minimum atomic E-state index is -0.263. The van der Waals surface area contributed by atoms with E-state index in [0.717, 1.165) is 21.1 Å². The van der Waals surface area contributed by atoms with E-state index >= 15 is 0 Å². The number of nitrogens with one attached hydrogen (secondary N) is 1. The topological polar surface area (TPSA) is 77.6 Å². The molecule has 148 valence electrons. The molecule has 0 aliphatic rings. The Morgan fingerprint density at radius 1 is 1.21 bits per heavy atom. The van der Waals surface area contributed by atoms with Gasteiger partial charge >= 0.3 is 0 Å². The van der Waals surface area contributed by atoms with Crippen molar-refractivity contribution in [3.8, 4) is 0 Å². The van der Waals surface area contributed by atoms with Gasteiger partial charge in [0.15, 0.2) is 10.8 Å². The first kappa shape index (κ1) is 19.5. The van der Waals surface area contributed by atoms with Gasteiger partial charge in [0.1, 0.15) is 0 Å². The fourth-order valence-corrected chi connectivity index (χ4v) is 3.92. The van der Waals surface area contributed by atoms with E-state index in [0.29, 0.717) is 16.3 Å². The number of hydrogen-bond acceptors (Lipinski definition) is 5. The Morgan fingerprint density at radius 3 is 2.76 bits per heavy atom. The van der Waals surface area contributed by atoms with Gasteiger partial charge in [-0.25, -0.2) is 14.6 Å². The molecule has 3 aromatic heterocycles. The van der Waals surface area contributed by atoms with E-state index in [1.807, 2.05) is 42.4 Å². The lowest BCUT2D eigenvalue weighted by Gasteiger charge is -2.11. The highest BCUT2D eigenvalue weighted by molar-refractivity contribution is 7.99. The summed E-state index contributed by atoms with van der Waals surface area (Å²) in [5.41, 5.74) is 1.83. The van der Waals surface area contributed by atoms with Crippen LogP contribution in [0.25, 0.3) is 11.0 Å². The second kappa shape index (κ2) is 7.88. The molecule has 0 radical (unpaired) electrons. The van der Waals surface area contributed by atoms with Crippen LogP contribution in [0.4, 0.5) is 5.69 Å². The summed E-state index contributed by atoms with van der Waals surface area (Å²) in [7, 11) is 1.92. The normalized spacial score (nSPS) is 11.3. The Morgan fingerprint density at radius 2 is 2.03 bits per heavy atom. The number of hydrogen-bond donors (Lipinski definition) is 1. The minimum absolute atomic E-state index is 0.192. The summed E-state index contributed by atoms with van der Waals surface area (Å²) >= 11 is 7.62. The molecule has 0 fully saturated rings. The molecule has 1 aromatic carbocycles. The number of carbonyl (C=O) groups excluding carboxylic acids is 1. The lowest BCUT2D eigenvalue weighted by Crippen LogP contribution is -2.13. The van der Waals surface area contributed by atoms with Crippen LogP contribution in [-0.4, -0.2) is 30.2 Å². The van der Waals surface area contributed by atoms with Crippen molar-refractivity contribution in [3.05, 3.63) is 59.6 Å². The summed E-state index contributed by atoms with van der Waals surface area (Å²) < 4.78 is 3.74. The van der Waals surface area contributed by atoms with Gasteiger partial charge in [0, 0.05) is 47.0 Å². The van der Waals surface area contributed by atoms with Gasteiger partial charge in [-0.2, -0.15) is 5.10 Å².